The normalized spacial score (nSPS) is 14.9. The number of aliphatic hydroxyl groups is 2. The molecule has 0 radical (unpaired) electrons. The Morgan fingerprint density at radius 3 is 1.27 bits per heavy atom. The van der Waals surface area contributed by atoms with E-state index in [1.165, 1.54) is 141 Å². The van der Waals surface area contributed by atoms with Crippen molar-refractivity contribution in [3.8, 4) is 0 Å². The summed E-state index contributed by atoms with van der Waals surface area (Å²) in [6.07, 6.45) is 71.0. The Kier molecular flexibility index (Phi) is 51.3. The van der Waals surface area contributed by atoms with Gasteiger partial charge in [-0.3, -0.25) is 9.36 Å². The fourth-order valence-corrected chi connectivity index (χ4v) is 9.22. The maximum Gasteiger partial charge on any atom is 0.268 e. The lowest BCUT2D eigenvalue weighted by atomic mass is 10.0. The number of hydrogen-bond acceptors (Lipinski definition) is 7. The van der Waals surface area contributed by atoms with Crippen molar-refractivity contribution in [2.45, 2.75) is 270 Å². The van der Waals surface area contributed by atoms with Crippen molar-refractivity contribution in [2.75, 3.05) is 40.9 Å². The Hall–Kier alpha value is -2.36. The molecule has 0 spiro atoms. The summed E-state index contributed by atoms with van der Waals surface area (Å²) in [5.41, 5.74) is 0. The highest BCUT2D eigenvalue weighted by atomic mass is 31.2. The highest BCUT2D eigenvalue weighted by molar-refractivity contribution is 7.45. The molecule has 0 aliphatic carbocycles. The van der Waals surface area contributed by atoms with E-state index in [1.54, 1.807) is 0 Å². The number of phosphoric acid groups is 1. The highest BCUT2D eigenvalue weighted by Gasteiger charge is 2.29. The lowest BCUT2D eigenvalue weighted by Gasteiger charge is -2.31. The second-order valence-electron chi connectivity index (χ2n) is 21.5. The number of phosphoric ester groups is 1. The van der Waals surface area contributed by atoms with Crippen molar-refractivity contribution in [3.63, 3.8) is 0 Å². The van der Waals surface area contributed by atoms with Crippen molar-refractivity contribution in [1.82, 2.24) is 5.32 Å². The number of nitrogens with one attached hydrogen (secondary N) is 1. The monoisotopic (exact) mass is 1040 g/mol. The summed E-state index contributed by atoms with van der Waals surface area (Å²) in [5.74, 6) is -0.289. The predicted octanol–water partition coefficient (Wildman–Crippen LogP) is 16.8. The molecule has 0 aliphatic heterocycles. The highest BCUT2D eigenvalue weighted by Crippen LogP contribution is 2.38. The summed E-state index contributed by atoms with van der Waals surface area (Å²) in [7, 11) is 1.11. The number of carbonyl (C=O) groups excluding carboxylic acids is 1. The van der Waals surface area contributed by atoms with Crippen LogP contribution in [-0.4, -0.2) is 79.8 Å². The largest absolute Gasteiger partial charge is 0.756 e. The Morgan fingerprint density at radius 1 is 0.507 bits per heavy atom. The van der Waals surface area contributed by atoms with Crippen molar-refractivity contribution >= 4 is 13.7 Å². The lowest BCUT2D eigenvalue weighted by Crippen LogP contribution is -2.51. The minimum absolute atomic E-state index is 0.0476. The quantitative estimate of drug-likeness (QED) is 0.0240. The summed E-state index contributed by atoms with van der Waals surface area (Å²) < 4.78 is 23.2. The molecule has 10 heteroatoms. The van der Waals surface area contributed by atoms with Gasteiger partial charge in [0.25, 0.3) is 7.82 Å². The summed E-state index contributed by atoms with van der Waals surface area (Å²) in [4.78, 5) is 25.5. The van der Waals surface area contributed by atoms with Gasteiger partial charge in [0.1, 0.15) is 19.3 Å². The number of carbonyl (C=O) groups is 1. The van der Waals surface area contributed by atoms with E-state index in [4.69, 9.17) is 9.05 Å². The number of allylic oxidation sites excluding steroid dienone is 14. The van der Waals surface area contributed by atoms with Gasteiger partial charge in [-0.25, -0.2) is 0 Å². The number of aliphatic hydroxyl groups excluding tert-OH is 2. The van der Waals surface area contributed by atoms with Gasteiger partial charge in [-0.15, -0.1) is 0 Å². The molecule has 3 N–H and O–H groups in total. The van der Waals surface area contributed by atoms with Crippen LogP contribution in [0.4, 0.5) is 0 Å². The van der Waals surface area contributed by atoms with Gasteiger partial charge >= 0.3 is 0 Å². The average molecular weight is 1040 g/mol. The van der Waals surface area contributed by atoms with Gasteiger partial charge in [0.2, 0.25) is 5.91 Å². The predicted molar refractivity (Wildman–Crippen MR) is 313 cm³/mol. The second kappa shape index (κ2) is 53.1. The molecule has 0 aliphatic rings. The summed E-state index contributed by atoms with van der Waals surface area (Å²) in [6, 6.07) is -1.09. The first-order valence-corrected chi connectivity index (χ1v) is 31.5. The van der Waals surface area contributed by atoms with E-state index in [-0.39, 0.29) is 18.9 Å². The minimum Gasteiger partial charge on any atom is -0.756 e. The number of hydrogen-bond donors (Lipinski definition) is 3. The van der Waals surface area contributed by atoms with Crippen LogP contribution in [0.25, 0.3) is 0 Å². The zero-order chi connectivity index (χ0) is 53.6. The molecule has 0 saturated carbocycles. The van der Waals surface area contributed by atoms with Crippen LogP contribution in [0.2, 0.25) is 0 Å². The molecule has 424 valence electrons. The third kappa shape index (κ3) is 54.2. The smallest absolute Gasteiger partial charge is 0.268 e. The van der Waals surface area contributed by atoms with E-state index in [0.29, 0.717) is 30.3 Å². The number of likely N-dealkylation sites (N-methyl/N-ethyl adjacent to an activating group) is 1. The van der Waals surface area contributed by atoms with Crippen LogP contribution in [0, 0.1) is 0 Å². The SMILES string of the molecule is CC/C=C\C/C=C\C/C=C\C/C=C\C/C=C\C/C=C\CCCCCCCCCCCCCCCCCCCCC(=O)NC(COP(=O)([O-])OCC[N+](C)(C)C)C(O)C(O)CCC/C=C/CCCCCCCCC. The van der Waals surface area contributed by atoms with E-state index in [9.17, 15) is 24.5 Å². The molecule has 0 aromatic heterocycles. The Bertz CT molecular complexity index is 1480. The molecule has 73 heavy (non-hydrogen) atoms. The van der Waals surface area contributed by atoms with E-state index in [0.717, 1.165) is 70.6 Å². The molecule has 9 nitrogen and oxygen atoms in total. The number of quaternary nitrogens is 1. The summed E-state index contributed by atoms with van der Waals surface area (Å²) in [6.45, 7) is 4.30. The summed E-state index contributed by atoms with van der Waals surface area (Å²) >= 11 is 0. The Morgan fingerprint density at radius 2 is 0.863 bits per heavy atom. The molecule has 4 unspecified atom stereocenters. The zero-order valence-corrected chi connectivity index (χ0v) is 48.8. The van der Waals surface area contributed by atoms with Crippen molar-refractivity contribution in [1.29, 1.82) is 0 Å². The van der Waals surface area contributed by atoms with Gasteiger partial charge in [0.05, 0.1) is 39.9 Å². The molecule has 0 heterocycles. The van der Waals surface area contributed by atoms with Gasteiger partial charge in [0.15, 0.2) is 0 Å². The first kappa shape index (κ1) is 70.6. The maximum atomic E-state index is 13.0. The first-order chi connectivity index (χ1) is 35.4. The van der Waals surface area contributed by atoms with Crippen LogP contribution >= 0.6 is 7.82 Å². The number of unbranched alkanes of at least 4 members (excludes halogenated alkanes) is 26. The lowest BCUT2D eigenvalue weighted by molar-refractivity contribution is -0.870. The Labute approximate surface area is 450 Å². The third-order valence-corrected chi connectivity index (χ3v) is 14.2. The van der Waals surface area contributed by atoms with Gasteiger partial charge in [-0.05, 0) is 89.9 Å². The molecule has 4 atom stereocenters. The number of nitrogens with zero attached hydrogens (tertiary/aromatic N) is 1. The van der Waals surface area contributed by atoms with Crippen LogP contribution in [0.3, 0.4) is 0 Å². The zero-order valence-electron chi connectivity index (χ0n) is 47.9. The van der Waals surface area contributed by atoms with Gasteiger partial charge in [0, 0.05) is 6.42 Å². The maximum absolute atomic E-state index is 13.0. The van der Waals surface area contributed by atoms with Gasteiger partial charge < -0.3 is 34.0 Å². The first-order valence-electron chi connectivity index (χ1n) is 30.0. The van der Waals surface area contributed by atoms with E-state index < -0.39 is 32.7 Å². The molecule has 0 rings (SSSR count). The van der Waals surface area contributed by atoms with Gasteiger partial charge in [-0.2, -0.15) is 0 Å². The van der Waals surface area contributed by atoms with Crippen LogP contribution < -0.4 is 10.2 Å². The standard InChI is InChI=1S/C63H115N2O7P/c1-6-8-10-12-14-16-18-20-21-22-23-24-25-26-27-28-29-30-31-32-33-34-35-36-37-38-39-40-41-42-43-44-46-48-50-52-54-56-62(67)64-60(59-72-73(69,70)71-58-57-65(3,4)5)63(68)61(66)55-53-51-49-47-45-19-17-15-13-11-9-7-2/h8,10,14,16,20-21,23-24,26-27,29-30,47,49,60-61,63,66,68H,6-7,9,11-13,15,17-19,22,25,28,31-46,48,50-59H2,1-5H3,(H-,64,67,69,70)/b10-8-,16-14-,21-20-,24-23-,27-26-,30-29-,49-47+. The molecule has 0 aromatic rings. The van der Waals surface area contributed by atoms with Crippen molar-refractivity contribution < 1.29 is 38.0 Å². The van der Waals surface area contributed by atoms with Crippen molar-refractivity contribution in [3.05, 3.63) is 85.1 Å². The summed E-state index contributed by atoms with van der Waals surface area (Å²) in [5, 5.41) is 24.7. The third-order valence-electron chi connectivity index (χ3n) is 13.2. The number of rotatable bonds is 54. The van der Waals surface area contributed by atoms with Crippen molar-refractivity contribution in [2.24, 2.45) is 0 Å². The van der Waals surface area contributed by atoms with Crippen LogP contribution in [-0.2, 0) is 18.4 Å². The fraction of sp³-hybridized carbons (Fsp3) is 0.762. The average Bonchev–Trinajstić information content (AvgIpc) is 3.35. The van der Waals surface area contributed by atoms with E-state index in [1.807, 2.05) is 21.1 Å². The second-order valence-corrected chi connectivity index (χ2v) is 22.9. The topological polar surface area (TPSA) is 128 Å². The minimum atomic E-state index is -4.68. The van der Waals surface area contributed by atoms with Crippen LogP contribution in [0.1, 0.15) is 251 Å². The molecular formula is C63H115N2O7P. The fourth-order valence-electron chi connectivity index (χ4n) is 8.49. The van der Waals surface area contributed by atoms with E-state index >= 15 is 0 Å². The molecule has 0 saturated heterocycles. The van der Waals surface area contributed by atoms with Crippen LogP contribution in [0.5, 0.6) is 0 Å². The molecule has 1 amide bonds. The Balaban J connectivity index is 4.05. The van der Waals surface area contributed by atoms with Crippen LogP contribution in [0.15, 0.2) is 85.1 Å². The molecular weight excluding hydrogens is 928 g/mol. The van der Waals surface area contributed by atoms with E-state index in [2.05, 4.69) is 104 Å². The molecule has 0 fully saturated rings. The van der Waals surface area contributed by atoms with Gasteiger partial charge in [-0.1, -0.05) is 240 Å². The molecule has 0 aromatic carbocycles. The molecule has 0 bridgehead atoms. The number of amides is 1.